The Kier molecular flexibility index (Phi) is 7.46. The highest BCUT2D eigenvalue weighted by atomic mass is 79.9. The average Bonchev–Trinajstić information content (AvgIpc) is 2.61. The SMILES string of the molecule is COc1cc(C=NNC(=O)CC(=O)Nc2cccc(Cl)c2Cl)cc(Br)c1O. The van der Waals surface area contributed by atoms with E-state index < -0.39 is 18.2 Å². The van der Waals surface area contributed by atoms with Crippen molar-refractivity contribution in [3.8, 4) is 11.5 Å². The molecule has 0 saturated heterocycles. The number of amides is 2. The summed E-state index contributed by atoms with van der Waals surface area (Å²) in [6.07, 6.45) is 0.888. The van der Waals surface area contributed by atoms with Crippen molar-refractivity contribution in [2.45, 2.75) is 6.42 Å². The van der Waals surface area contributed by atoms with Crippen LogP contribution in [0.2, 0.25) is 10.0 Å². The highest BCUT2D eigenvalue weighted by Crippen LogP contribution is 2.34. The molecule has 2 rings (SSSR count). The number of phenolic OH excluding ortho intramolecular Hbond substituents is 1. The summed E-state index contributed by atoms with van der Waals surface area (Å²) in [6.45, 7) is 0. The minimum atomic E-state index is -0.619. The lowest BCUT2D eigenvalue weighted by atomic mass is 10.2. The fraction of sp³-hybridized carbons (Fsp3) is 0.118. The Bertz CT molecular complexity index is 906. The van der Waals surface area contributed by atoms with E-state index in [0.29, 0.717) is 20.7 Å². The van der Waals surface area contributed by atoms with Gasteiger partial charge in [0.1, 0.15) is 6.42 Å². The molecule has 7 nitrogen and oxygen atoms in total. The molecule has 27 heavy (non-hydrogen) atoms. The van der Waals surface area contributed by atoms with Crippen molar-refractivity contribution >= 4 is 62.8 Å². The third kappa shape index (κ3) is 5.85. The quantitative estimate of drug-likeness (QED) is 0.335. The standard InChI is InChI=1S/C17H14BrCl2N3O4/c1-27-13-6-9(5-10(18)17(13)26)8-21-23-15(25)7-14(24)22-12-4-2-3-11(19)16(12)20/h2-6,8,26H,7H2,1H3,(H,22,24)(H,23,25). The van der Waals surface area contributed by atoms with Gasteiger partial charge in [0.15, 0.2) is 11.5 Å². The zero-order valence-electron chi connectivity index (χ0n) is 13.9. The van der Waals surface area contributed by atoms with Gasteiger partial charge >= 0.3 is 0 Å². The van der Waals surface area contributed by atoms with Crippen LogP contribution in [0.1, 0.15) is 12.0 Å². The van der Waals surface area contributed by atoms with Crippen LogP contribution in [0.25, 0.3) is 0 Å². The molecule has 0 aliphatic carbocycles. The van der Waals surface area contributed by atoms with E-state index >= 15 is 0 Å². The van der Waals surface area contributed by atoms with E-state index in [9.17, 15) is 14.7 Å². The summed E-state index contributed by atoms with van der Waals surface area (Å²) in [5.74, 6) is -0.988. The second-order valence-electron chi connectivity index (χ2n) is 5.17. The van der Waals surface area contributed by atoms with Gasteiger partial charge in [-0.05, 0) is 45.8 Å². The number of rotatable bonds is 6. The van der Waals surface area contributed by atoms with E-state index in [4.69, 9.17) is 27.9 Å². The number of hydrazone groups is 1. The predicted octanol–water partition coefficient (Wildman–Crippen LogP) is 3.95. The lowest BCUT2D eigenvalue weighted by Crippen LogP contribution is -2.24. The number of aromatic hydroxyl groups is 1. The van der Waals surface area contributed by atoms with Gasteiger partial charge < -0.3 is 15.2 Å². The van der Waals surface area contributed by atoms with Crippen LogP contribution in [0, 0.1) is 0 Å². The average molecular weight is 475 g/mol. The topological polar surface area (TPSA) is 100 Å². The lowest BCUT2D eigenvalue weighted by molar-refractivity contribution is -0.126. The number of carbonyl (C=O) groups is 2. The summed E-state index contributed by atoms with van der Waals surface area (Å²) in [5.41, 5.74) is 3.11. The van der Waals surface area contributed by atoms with Gasteiger partial charge in [-0.2, -0.15) is 5.10 Å². The third-order valence-corrected chi connectivity index (χ3v) is 4.64. The fourth-order valence-corrected chi connectivity index (χ4v) is 2.79. The molecule has 0 unspecified atom stereocenters. The predicted molar refractivity (Wildman–Crippen MR) is 108 cm³/mol. The molecule has 0 fully saturated rings. The third-order valence-electron chi connectivity index (χ3n) is 3.22. The molecule has 0 aromatic heterocycles. The number of phenols is 1. The largest absolute Gasteiger partial charge is 0.503 e. The molecule has 0 heterocycles. The monoisotopic (exact) mass is 473 g/mol. The summed E-state index contributed by atoms with van der Waals surface area (Å²) in [4.78, 5) is 23.7. The van der Waals surface area contributed by atoms with Crippen molar-refractivity contribution in [1.29, 1.82) is 0 Å². The van der Waals surface area contributed by atoms with E-state index in [1.165, 1.54) is 19.4 Å². The summed E-state index contributed by atoms with van der Waals surface area (Å²) in [7, 11) is 1.41. The Balaban J connectivity index is 1.92. The van der Waals surface area contributed by atoms with Crippen molar-refractivity contribution in [2.75, 3.05) is 12.4 Å². The van der Waals surface area contributed by atoms with Crippen LogP contribution in [-0.4, -0.2) is 30.2 Å². The Hall–Kier alpha value is -2.29. The maximum absolute atomic E-state index is 11.9. The maximum Gasteiger partial charge on any atom is 0.249 e. The van der Waals surface area contributed by atoms with Crippen molar-refractivity contribution in [1.82, 2.24) is 5.43 Å². The molecule has 0 atom stereocenters. The Labute approximate surface area is 173 Å². The highest BCUT2D eigenvalue weighted by Gasteiger charge is 2.12. The van der Waals surface area contributed by atoms with Crippen LogP contribution in [-0.2, 0) is 9.59 Å². The first-order valence-corrected chi connectivity index (χ1v) is 8.99. The summed E-state index contributed by atoms with van der Waals surface area (Å²) in [5, 5.41) is 16.5. The molecule has 2 aromatic rings. The number of methoxy groups -OCH3 is 1. The molecule has 0 saturated carbocycles. The normalized spacial score (nSPS) is 10.7. The van der Waals surface area contributed by atoms with Crippen molar-refractivity contribution in [3.63, 3.8) is 0 Å². The van der Waals surface area contributed by atoms with Gasteiger partial charge in [-0.15, -0.1) is 0 Å². The number of hydrogen-bond donors (Lipinski definition) is 3. The molecule has 10 heteroatoms. The summed E-state index contributed by atoms with van der Waals surface area (Å²) < 4.78 is 5.43. The minimum absolute atomic E-state index is 0.0463. The fourth-order valence-electron chi connectivity index (χ4n) is 1.98. The Morgan fingerprint density at radius 2 is 2.04 bits per heavy atom. The molecule has 0 spiro atoms. The summed E-state index contributed by atoms with van der Waals surface area (Å²) in [6, 6.07) is 7.89. The molecule has 0 aliphatic heterocycles. The van der Waals surface area contributed by atoms with Gasteiger partial charge in [0.25, 0.3) is 0 Å². The number of nitrogens with one attached hydrogen (secondary N) is 2. The van der Waals surface area contributed by atoms with E-state index in [0.717, 1.165) is 0 Å². The van der Waals surface area contributed by atoms with Gasteiger partial charge in [-0.25, -0.2) is 5.43 Å². The van der Waals surface area contributed by atoms with Gasteiger partial charge in [0.05, 0.1) is 33.5 Å². The molecular formula is C17H14BrCl2N3O4. The number of ether oxygens (including phenoxy) is 1. The first-order valence-electron chi connectivity index (χ1n) is 7.44. The molecule has 0 bridgehead atoms. The maximum atomic E-state index is 11.9. The van der Waals surface area contributed by atoms with Crippen LogP contribution in [0.3, 0.4) is 0 Å². The lowest BCUT2D eigenvalue weighted by Gasteiger charge is -2.07. The van der Waals surface area contributed by atoms with E-state index in [1.54, 1.807) is 24.3 Å². The van der Waals surface area contributed by atoms with E-state index in [2.05, 4.69) is 31.8 Å². The van der Waals surface area contributed by atoms with Gasteiger partial charge in [0.2, 0.25) is 11.8 Å². The second-order valence-corrected chi connectivity index (χ2v) is 6.81. The molecular weight excluding hydrogens is 461 g/mol. The Morgan fingerprint density at radius 3 is 2.74 bits per heavy atom. The van der Waals surface area contributed by atoms with E-state index in [1.807, 2.05) is 0 Å². The minimum Gasteiger partial charge on any atom is -0.503 e. The molecule has 2 aromatic carbocycles. The van der Waals surface area contributed by atoms with Crippen molar-refractivity contribution < 1.29 is 19.4 Å². The van der Waals surface area contributed by atoms with Crippen LogP contribution in [0.15, 0.2) is 39.9 Å². The van der Waals surface area contributed by atoms with Crippen LogP contribution >= 0.6 is 39.1 Å². The van der Waals surface area contributed by atoms with Crippen molar-refractivity contribution in [2.24, 2.45) is 5.10 Å². The molecule has 0 radical (unpaired) electrons. The van der Waals surface area contributed by atoms with Crippen LogP contribution in [0.4, 0.5) is 5.69 Å². The van der Waals surface area contributed by atoms with Crippen LogP contribution < -0.4 is 15.5 Å². The first-order chi connectivity index (χ1) is 12.8. The highest BCUT2D eigenvalue weighted by molar-refractivity contribution is 9.10. The number of anilines is 1. The van der Waals surface area contributed by atoms with Gasteiger partial charge in [0, 0.05) is 0 Å². The molecule has 142 valence electrons. The number of nitrogens with zero attached hydrogens (tertiary/aromatic N) is 1. The zero-order chi connectivity index (χ0) is 20.0. The second kappa shape index (κ2) is 9.59. The number of hydrogen-bond acceptors (Lipinski definition) is 5. The van der Waals surface area contributed by atoms with Gasteiger partial charge in [-0.1, -0.05) is 29.3 Å². The van der Waals surface area contributed by atoms with E-state index in [-0.39, 0.29) is 16.5 Å². The van der Waals surface area contributed by atoms with Crippen LogP contribution in [0.5, 0.6) is 11.5 Å². The van der Waals surface area contributed by atoms with Crippen molar-refractivity contribution in [3.05, 3.63) is 50.4 Å². The Morgan fingerprint density at radius 1 is 1.30 bits per heavy atom. The van der Waals surface area contributed by atoms with Gasteiger partial charge in [-0.3, -0.25) is 9.59 Å². The molecule has 2 amide bonds. The zero-order valence-corrected chi connectivity index (χ0v) is 17.0. The number of halogens is 3. The number of carbonyl (C=O) groups excluding carboxylic acids is 2. The smallest absolute Gasteiger partial charge is 0.249 e. The summed E-state index contributed by atoms with van der Waals surface area (Å²) >= 11 is 15.0. The number of benzene rings is 2. The molecule has 3 N–H and O–H groups in total. The first kappa shape index (κ1) is 21.0. The molecule has 0 aliphatic rings.